The summed E-state index contributed by atoms with van der Waals surface area (Å²) in [6.45, 7) is 1.55. The molecule has 0 aliphatic carbocycles. The van der Waals surface area contributed by atoms with Crippen molar-refractivity contribution in [3.05, 3.63) is 70.7 Å². The lowest BCUT2D eigenvalue weighted by atomic mass is 10.0. The first-order valence-corrected chi connectivity index (χ1v) is 10.2. The second kappa shape index (κ2) is 8.79. The molecule has 1 heterocycles. The van der Waals surface area contributed by atoms with E-state index in [4.69, 9.17) is 4.74 Å². The van der Waals surface area contributed by atoms with Gasteiger partial charge in [0, 0.05) is 5.75 Å². The minimum atomic E-state index is -4.70. The van der Waals surface area contributed by atoms with E-state index in [0.29, 0.717) is 17.1 Å². The first-order chi connectivity index (χ1) is 13.4. The SMILES string of the molecule is CCOC(=O)c1sc(SCc2cccc(-c3ccccc3)c2)nc1C(F)(F)F. The van der Waals surface area contributed by atoms with Crippen LogP contribution in [0.15, 0.2) is 58.9 Å². The third kappa shape index (κ3) is 4.94. The largest absolute Gasteiger partial charge is 0.462 e. The van der Waals surface area contributed by atoms with Crippen LogP contribution in [0.1, 0.15) is 27.9 Å². The van der Waals surface area contributed by atoms with E-state index in [2.05, 4.69) is 4.98 Å². The van der Waals surface area contributed by atoms with Crippen molar-refractivity contribution in [1.29, 1.82) is 0 Å². The fourth-order valence-corrected chi connectivity index (χ4v) is 4.51. The fourth-order valence-electron chi connectivity index (χ4n) is 2.51. The number of nitrogens with zero attached hydrogens (tertiary/aromatic N) is 1. The Kier molecular flexibility index (Phi) is 6.41. The molecule has 0 spiro atoms. The number of thiazole rings is 1. The summed E-state index contributed by atoms with van der Waals surface area (Å²) in [6.07, 6.45) is -4.70. The molecule has 0 unspecified atom stereocenters. The molecule has 3 aromatic rings. The Morgan fingerprint density at radius 2 is 1.82 bits per heavy atom. The monoisotopic (exact) mass is 423 g/mol. The standard InChI is InChI=1S/C20H16F3NO2S2/c1-2-26-18(25)16-17(20(21,22)23)24-19(28-16)27-12-13-7-6-10-15(11-13)14-8-4-3-5-9-14/h3-11H,2,12H2,1H3. The minimum absolute atomic E-state index is 0.00276. The first kappa shape index (κ1) is 20.4. The van der Waals surface area contributed by atoms with Gasteiger partial charge in [-0.25, -0.2) is 9.78 Å². The molecule has 3 rings (SSSR count). The maximum atomic E-state index is 13.2. The van der Waals surface area contributed by atoms with Crippen molar-refractivity contribution in [2.75, 3.05) is 6.61 Å². The maximum Gasteiger partial charge on any atom is 0.435 e. The van der Waals surface area contributed by atoms with Crippen molar-refractivity contribution < 1.29 is 22.7 Å². The highest BCUT2D eigenvalue weighted by atomic mass is 32.2. The van der Waals surface area contributed by atoms with Crippen LogP contribution in [0.5, 0.6) is 0 Å². The number of ether oxygens (including phenoxy) is 1. The molecule has 2 aromatic carbocycles. The second-order valence-corrected chi connectivity index (χ2v) is 7.95. The highest BCUT2D eigenvalue weighted by molar-refractivity contribution is 8.00. The van der Waals surface area contributed by atoms with Gasteiger partial charge in [0.15, 0.2) is 10.0 Å². The zero-order chi connectivity index (χ0) is 20.1. The number of carbonyl (C=O) groups excluding carboxylic acids is 1. The molecule has 3 nitrogen and oxygen atoms in total. The molecule has 1 aromatic heterocycles. The van der Waals surface area contributed by atoms with Crippen molar-refractivity contribution in [3.8, 4) is 11.1 Å². The molecule has 28 heavy (non-hydrogen) atoms. The number of hydrogen-bond donors (Lipinski definition) is 0. The molecule has 0 saturated carbocycles. The van der Waals surface area contributed by atoms with E-state index in [0.717, 1.165) is 28.5 Å². The maximum absolute atomic E-state index is 13.2. The Hall–Kier alpha value is -2.32. The number of hydrogen-bond acceptors (Lipinski definition) is 5. The van der Waals surface area contributed by atoms with Crippen LogP contribution < -0.4 is 0 Å². The summed E-state index contributed by atoms with van der Waals surface area (Å²) in [5.41, 5.74) is 1.86. The molecule has 0 saturated heterocycles. The smallest absolute Gasteiger partial charge is 0.435 e. The first-order valence-electron chi connectivity index (χ1n) is 8.40. The van der Waals surface area contributed by atoms with E-state index >= 15 is 0 Å². The Morgan fingerprint density at radius 3 is 2.50 bits per heavy atom. The summed E-state index contributed by atoms with van der Waals surface area (Å²) < 4.78 is 44.5. The van der Waals surface area contributed by atoms with Crippen molar-refractivity contribution >= 4 is 29.1 Å². The summed E-state index contributed by atoms with van der Waals surface area (Å²) in [5.74, 6) is -0.557. The van der Waals surface area contributed by atoms with Crippen molar-refractivity contribution in [3.63, 3.8) is 0 Å². The lowest BCUT2D eigenvalue weighted by Crippen LogP contribution is -2.13. The predicted molar refractivity (Wildman–Crippen MR) is 105 cm³/mol. The molecule has 0 bridgehead atoms. The number of halogens is 3. The second-order valence-electron chi connectivity index (χ2n) is 5.73. The quantitative estimate of drug-likeness (QED) is 0.345. The Labute approximate surface area is 168 Å². The molecule has 0 aliphatic rings. The molecule has 0 radical (unpaired) electrons. The van der Waals surface area contributed by atoms with Crippen LogP contribution in [0.25, 0.3) is 11.1 Å². The van der Waals surface area contributed by atoms with Crippen LogP contribution in [-0.2, 0) is 16.7 Å². The average molecular weight is 423 g/mol. The van der Waals surface area contributed by atoms with Gasteiger partial charge in [-0.2, -0.15) is 13.2 Å². The van der Waals surface area contributed by atoms with Gasteiger partial charge in [0.05, 0.1) is 6.61 Å². The molecular formula is C20H16F3NO2S2. The van der Waals surface area contributed by atoms with E-state index in [-0.39, 0.29) is 10.9 Å². The molecule has 8 heteroatoms. The number of thioether (sulfide) groups is 1. The van der Waals surface area contributed by atoms with Gasteiger partial charge in [-0.3, -0.25) is 0 Å². The zero-order valence-corrected chi connectivity index (χ0v) is 16.5. The number of benzene rings is 2. The minimum Gasteiger partial charge on any atom is -0.462 e. The number of rotatable bonds is 6. The van der Waals surface area contributed by atoms with E-state index in [1.54, 1.807) is 6.92 Å². The van der Waals surface area contributed by atoms with E-state index in [9.17, 15) is 18.0 Å². The summed E-state index contributed by atoms with van der Waals surface area (Å²) in [5, 5.41) is 0. The molecule has 0 N–H and O–H groups in total. The number of carbonyl (C=O) groups is 1. The fraction of sp³-hybridized carbons (Fsp3) is 0.200. The summed E-state index contributed by atoms with van der Waals surface area (Å²) in [6, 6.07) is 17.6. The average Bonchev–Trinajstić information content (AvgIpc) is 3.13. The lowest BCUT2D eigenvalue weighted by Gasteiger charge is -2.05. The van der Waals surface area contributed by atoms with Crippen LogP contribution in [0.4, 0.5) is 13.2 Å². The van der Waals surface area contributed by atoms with Gasteiger partial charge in [-0.05, 0) is 23.6 Å². The van der Waals surface area contributed by atoms with Gasteiger partial charge in [0.2, 0.25) is 0 Å². The third-order valence-electron chi connectivity index (χ3n) is 3.73. The van der Waals surface area contributed by atoms with Gasteiger partial charge in [0.25, 0.3) is 0 Å². The molecule has 0 aliphatic heterocycles. The van der Waals surface area contributed by atoms with Crippen LogP contribution in [0.3, 0.4) is 0 Å². The Morgan fingerprint density at radius 1 is 1.11 bits per heavy atom. The Balaban J connectivity index is 1.79. The van der Waals surface area contributed by atoms with E-state index < -0.39 is 22.7 Å². The summed E-state index contributed by atoms with van der Waals surface area (Å²) >= 11 is 1.88. The number of alkyl halides is 3. The number of esters is 1. The Bertz CT molecular complexity index is 956. The van der Waals surface area contributed by atoms with Crippen LogP contribution in [0, 0.1) is 0 Å². The van der Waals surface area contributed by atoms with Crippen LogP contribution >= 0.6 is 23.1 Å². The highest BCUT2D eigenvalue weighted by Crippen LogP contribution is 2.38. The van der Waals surface area contributed by atoms with Gasteiger partial charge in [-0.15, -0.1) is 11.3 Å². The lowest BCUT2D eigenvalue weighted by molar-refractivity contribution is -0.141. The topological polar surface area (TPSA) is 39.2 Å². The van der Waals surface area contributed by atoms with E-state index in [1.807, 2.05) is 54.6 Å². The highest BCUT2D eigenvalue weighted by Gasteiger charge is 2.40. The van der Waals surface area contributed by atoms with Crippen molar-refractivity contribution in [2.45, 2.75) is 23.2 Å². The van der Waals surface area contributed by atoms with Gasteiger partial charge >= 0.3 is 12.1 Å². The zero-order valence-electron chi connectivity index (χ0n) is 14.8. The normalized spacial score (nSPS) is 11.4. The summed E-state index contributed by atoms with van der Waals surface area (Å²) in [7, 11) is 0. The van der Waals surface area contributed by atoms with Crippen LogP contribution in [-0.4, -0.2) is 17.6 Å². The molecule has 146 valence electrons. The van der Waals surface area contributed by atoms with Crippen molar-refractivity contribution in [2.24, 2.45) is 0 Å². The van der Waals surface area contributed by atoms with Gasteiger partial charge in [-0.1, -0.05) is 66.4 Å². The van der Waals surface area contributed by atoms with Gasteiger partial charge < -0.3 is 4.74 Å². The molecule has 0 atom stereocenters. The van der Waals surface area contributed by atoms with Crippen molar-refractivity contribution in [1.82, 2.24) is 4.98 Å². The van der Waals surface area contributed by atoms with E-state index in [1.165, 1.54) is 0 Å². The molecule has 0 fully saturated rings. The summed E-state index contributed by atoms with van der Waals surface area (Å²) in [4.78, 5) is 15.0. The van der Waals surface area contributed by atoms with Crippen LogP contribution in [0.2, 0.25) is 0 Å². The van der Waals surface area contributed by atoms with Gasteiger partial charge in [0.1, 0.15) is 4.88 Å². The molecule has 0 amide bonds. The predicted octanol–water partition coefficient (Wildman–Crippen LogP) is 6.30. The molecular weight excluding hydrogens is 407 g/mol. The number of aromatic nitrogens is 1. The third-order valence-corrected chi connectivity index (χ3v) is 5.98.